The maximum absolute atomic E-state index is 10.1. The molecule has 0 atom stereocenters. The molecule has 5 nitrogen and oxygen atoms in total. The Morgan fingerprint density at radius 1 is 0.414 bits per heavy atom. The van der Waals surface area contributed by atoms with Crippen molar-refractivity contribution >= 4 is 11.6 Å². The molecule has 0 aromatic heterocycles. The first-order valence-electron chi connectivity index (χ1n) is 25.8. The van der Waals surface area contributed by atoms with E-state index >= 15 is 0 Å². The minimum absolute atomic E-state index is 0.719. The molecule has 0 aromatic carbocycles. The predicted octanol–water partition coefficient (Wildman–Crippen LogP) is 16.6. The van der Waals surface area contributed by atoms with Gasteiger partial charge >= 0.3 is 0 Å². The summed E-state index contributed by atoms with van der Waals surface area (Å²) >= 11 is 6.13. The van der Waals surface area contributed by atoms with Gasteiger partial charge in [0.05, 0.1) is 13.2 Å². The van der Waals surface area contributed by atoms with Crippen molar-refractivity contribution < 1.29 is 15.0 Å². The fourth-order valence-corrected chi connectivity index (χ4v) is 7.97. The van der Waals surface area contributed by atoms with Gasteiger partial charge < -0.3 is 10.1 Å². The molecular formula is C52H101ClN2O3. The van der Waals surface area contributed by atoms with E-state index in [9.17, 15) is 5.21 Å². The first-order valence-corrected chi connectivity index (χ1v) is 26.3. The van der Waals surface area contributed by atoms with E-state index in [-0.39, 0.29) is 0 Å². The van der Waals surface area contributed by atoms with Crippen molar-refractivity contribution in [3.8, 4) is 11.8 Å². The van der Waals surface area contributed by atoms with E-state index < -0.39 is 0 Å². The molecule has 0 saturated carbocycles. The molecule has 0 unspecified atom stereocenters. The second-order valence-electron chi connectivity index (χ2n) is 17.4. The summed E-state index contributed by atoms with van der Waals surface area (Å²) in [6.45, 7) is 11.1. The second kappa shape index (κ2) is 52.5. The zero-order valence-corrected chi connectivity index (χ0v) is 40.0. The van der Waals surface area contributed by atoms with Crippen LogP contribution in [0.15, 0.2) is 12.2 Å². The van der Waals surface area contributed by atoms with Crippen LogP contribution in [0.4, 0.5) is 0 Å². The van der Waals surface area contributed by atoms with E-state index in [0.717, 1.165) is 77.3 Å². The molecule has 344 valence electrons. The van der Waals surface area contributed by atoms with Crippen molar-refractivity contribution in [2.24, 2.45) is 0 Å². The van der Waals surface area contributed by atoms with E-state index in [1.54, 1.807) is 5.06 Å². The van der Waals surface area contributed by atoms with E-state index in [1.807, 2.05) is 0 Å². The quantitative estimate of drug-likeness (QED) is 0.0165. The fraction of sp³-hybridized carbons (Fsp3) is 0.923. The molecule has 0 aliphatic carbocycles. The number of hydrogen-bond donors (Lipinski definition) is 1. The van der Waals surface area contributed by atoms with E-state index in [4.69, 9.17) is 21.4 Å². The van der Waals surface area contributed by atoms with Crippen LogP contribution in [0.25, 0.3) is 0 Å². The largest absolute Gasteiger partial charge is 0.314 e. The summed E-state index contributed by atoms with van der Waals surface area (Å²) < 4.78 is 0. The summed E-state index contributed by atoms with van der Waals surface area (Å²) in [6, 6.07) is 0. The third-order valence-electron chi connectivity index (χ3n) is 11.6. The molecule has 0 saturated heterocycles. The number of hydrogen-bond acceptors (Lipinski definition) is 5. The van der Waals surface area contributed by atoms with Crippen LogP contribution in [0.1, 0.15) is 258 Å². The summed E-state index contributed by atoms with van der Waals surface area (Å²) in [5.74, 6) is 7.32. The number of halogens is 1. The van der Waals surface area contributed by atoms with Crippen LogP contribution in [0.2, 0.25) is 0 Å². The van der Waals surface area contributed by atoms with Crippen LogP contribution in [0, 0.1) is 11.8 Å². The maximum Gasteiger partial charge on any atom is 0.0822 e. The molecule has 0 aromatic rings. The van der Waals surface area contributed by atoms with Crippen LogP contribution < -0.4 is 0 Å². The van der Waals surface area contributed by atoms with Gasteiger partial charge in [-0.1, -0.05) is 205 Å². The molecule has 0 aliphatic heterocycles. The molecular weight excluding hydrogens is 736 g/mol. The molecule has 0 heterocycles. The van der Waals surface area contributed by atoms with Crippen molar-refractivity contribution in [1.29, 1.82) is 0 Å². The third-order valence-corrected chi connectivity index (χ3v) is 11.8. The molecule has 0 rings (SSSR count). The van der Waals surface area contributed by atoms with Gasteiger partial charge in [-0.2, -0.15) is 5.06 Å². The average molecular weight is 838 g/mol. The molecule has 0 aliphatic rings. The summed E-state index contributed by atoms with van der Waals surface area (Å²) in [6.07, 6.45) is 53.4. The van der Waals surface area contributed by atoms with Crippen molar-refractivity contribution in [3.05, 3.63) is 12.2 Å². The molecule has 58 heavy (non-hydrogen) atoms. The standard InChI is InChI=1S/C52H101ClN2O3/c1-3-5-7-9-11-13-15-16-17-18-19-20-22-27-33-39-46-54(50-45-53)47-40-34-28-23-21-25-31-37-43-51-57-58-52-44-38-32-26-30-36-42-49-55(56)48-41-35-29-24-14-12-10-8-6-4-2/h16-17,56H,3-10,12,14-15,18-52H2,1-2H3/b17-16-. The van der Waals surface area contributed by atoms with Gasteiger partial charge in [0, 0.05) is 38.4 Å². The van der Waals surface area contributed by atoms with Gasteiger partial charge in [0.2, 0.25) is 0 Å². The highest BCUT2D eigenvalue weighted by Gasteiger charge is 2.05. The van der Waals surface area contributed by atoms with Crippen molar-refractivity contribution in [2.75, 3.05) is 51.8 Å². The number of unbranched alkanes of at least 4 members (excludes halogenated alkanes) is 32. The van der Waals surface area contributed by atoms with Crippen LogP contribution in [-0.4, -0.2) is 67.0 Å². The van der Waals surface area contributed by atoms with Crippen molar-refractivity contribution in [2.45, 2.75) is 258 Å². The Morgan fingerprint density at radius 3 is 1.24 bits per heavy atom. The van der Waals surface area contributed by atoms with Crippen LogP contribution >= 0.6 is 11.6 Å². The Labute approximate surface area is 368 Å². The molecule has 0 radical (unpaired) electrons. The number of nitrogens with zero attached hydrogens (tertiary/aromatic N) is 2. The summed E-state index contributed by atoms with van der Waals surface area (Å²) in [5, 5.41) is 11.7. The normalized spacial score (nSPS) is 11.8. The highest BCUT2D eigenvalue weighted by atomic mass is 35.5. The summed E-state index contributed by atoms with van der Waals surface area (Å²) in [7, 11) is 0. The van der Waals surface area contributed by atoms with Crippen molar-refractivity contribution in [3.63, 3.8) is 0 Å². The zero-order chi connectivity index (χ0) is 41.9. The van der Waals surface area contributed by atoms with Gasteiger partial charge in [-0.3, -0.25) is 0 Å². The number of rotatable bonds is 49. The minimum Gasteiger partial charge on any atom is -0.314 e. The highest BCUT2D eigenvalue weighted by Crippen LogP contribution is 2.14. The Bertz CT molecular complexity index is 846. The lowest BCUT2D eigenvalue weighted by Gasteiger charge is -2.21. The Morgan fingerprint density at radius 2 is 0.793 bits per heavy atom. The van der Waals surface area contributed by atoms with Gasteiger partial charge in [-0.05, 0) is 70.9 Å². The van der Waals surface area contributed by atoms with Crippen LogP contribution in [0.5, 0.6) is 0 Å². The number of allylic oxidation sites excluding steroid dienone is 2. The zero-order valence-electron chi connectivity index (χ0n) is 39.2. The van der Waals surface area contributed by atoms with Gasteiger partial charge in [-0.15, -0.1) is 17.5 Å². The average Bonchev–Trinajstić information content (AvgIpc) is 3.23. The van der Waals surface area contributed by atoms with E-state index in [1.165, 1.54) is 219 Å². The Balaban J connectivity index is 3.35. The predicted molar refractivity (Wildman–Crippen MR) is 256 cm³/mol. The smallest absolute Gasteiger partial charge is 0.0822 e. The Hall–Kier alpha value is -0.610. The molecule has 0 bridgehead atoms. The lowest BCUT2D eigenvalue weighted by Crippen LogP contribution is -2.28. The highest BCUT2D eigenvalue weighted by molar-refractivity contribution is 6.18. The minimum atomic E-state index is 0.719. The van der Waals surface area contributed by atoms with E-state index in [0.29, 0.717) is 0 Å². The van der Waals surface area contributed by atoms with E-state index in [2.05, 4.69) is 42.7 Å². The van der Waals surface area contributed by atoms with Crippen LogP contribution in [0.3, 0.4) is 0 Å². The lowest BCUT2D eigenvalue weighted by atomic mass is 10.1. The fourth-order valence-electron chi connectivity index (χ4n) is 7.73. The van der Waals surface area contributed by atoms with Gasteiger partial charge in [0.15, 0.2) is 0 Å². The molecule has 6 heteroatoms. The topological polar surface area (TPSA) is 45.2 Å². The van der Waals surface area contributed by atoms with Crippen molar-refractivity contribution in [1.82, 2.24) is 9.96 Å². The van der Waals surface area contributed by atoms with Gasteiger partial charge in [0.1, 0.15) is 0 Å². The molecule has 0 fully saturated rings. The molecule has 0 spiro atoms. The molecule has 0 amide bonds. The number of alkyl halides is 1. The Kier molecular flexibility index (Phi) is 52.0. The monoisotopic (exact) mass is 837 g/mol. The lowest BCUT2D eigenvalue weighted by molar-refractivity contribution is -0.295. The van der Waals surface area contributed by atoms with Gasteiger partial charge in [0.25, 0.3) is 0 Å². The SMILES string of the molecule is CCCCCC#CC/C=C\CCCCCCCCN(CCCl)CCCCCCCCCCCOOCCCCCCCCCN(O)CCCCCCCCCCCC. The second-order valence-corrected chi connectivity index (χ2v) is 17.7. The molecule has 1 N–H and O–H groups in total. The number of hydroxylamine groups is 2. The first-order chi connectivity index (χ1) is 28.7. The van der Waals surface area contributed by atoms with Crippen LogP contribution in [-0.2, 0) is 9.78 Å². The summed E-state index contributed by atoms with van der Waals surface area (Å²) in [5.41, 5.74) is 0. The summed E-state index contributed by atoms with van der Waals surface area (Å²) in [4.78, 5) is 13.4. The maximum atomic E-state index is 10.1. The van der Waals surface area contributed by atoms with Gasteiger partial charge in [-0.25, -0.2) is 9.78 Å². The first kappa shape index (κ1) is 57.4. The third kappa shape index (κ3) is 49.8.